The molecule has 0 saturated carbocycles. The maximum Gasteiger partial charge on any atom is 0.246 e. The summed E-state index contributed by atoms with van der Waals surface area (Å²) in [7, 11) is 0. The van der Waals surface area contributed by atoms with Crippen LogP contribution in [0.1, 0.15) is 32.1 Å². The lowest BCUT2D eigenvalue weighted by atomic mass is 10.1. The molecule has 0 unspecified atom stereocenters. The van der Waals surface area contributed by atoms with E-state index >= 15 is 0 Å². The summed E-state index contributed by atoms with van der Waals surface area (Å²) >= 11 is 0. The first-order valence-corrected chi connectivity index (χ1v) is 6.53. The van der Waals surface area contributed by atoms with Crippen molar-refractivity contribution in [3.63, 3.8) is 0 Å². The predicted octanol–water partition coefficient (Wildman–Crippen LogP) is 0.0338. The first kappa shape index (κ1) is 14.4. The number of piperidine rings is 1. The summed E-state index contributed by atoms with van der Waals surface area (Å²) in [6.07, 6.45) is 4.89. The van der Waals surface area contributed by atoms with Crippen molar-refractivity contribution in [3.05, 3.63) is 0 Å². The molecule has 1 rings (SSSR count). The molecular formula is C12H24N2O3. The molecule has 0 radical (unpaired) electrons. The zero-order valence-corrected chi connectivity index (χ0v) is 10.4. The number of carbonyl (C=O) groups is 1. The van der Waals surface area contributed by atoms with Crippen LogP contribution in [0, 0.1) is 0 Å². The fraction of sp³-hybridized carbons (Fsp3) is 0.917. The average molecular weight is 244 g/mol. The largest absolute Gasteiger partial charge is 0.396 e. The molecule has 0 aliphatic carbocycles. The molecule has 5 nitrogen and oxygen atoms in total. The van der Waals surface area contributed by atoms with E-state index in [2.05, 4.69) is 10.6 Å². The summed E-state index contributed by atoms with van der Waals surface area (Å²) in [5.74, 6) is -0.0347. The molecule has 17 heavy (non-hydrogen) atoms. The van der Waals surface area contributed by atoms with Gasteiger partial charge in [0.15, 0.2) is 0 Å². The van der Waals surface area contributed by atoms with E-state index in [0.717, 1.165) is 45.2 Å². The van der Waals surface area contributed by atoms with Crippen LogP contribution in [0.25, 0.3) is 0 Å². The number of carbonyl (C=O) groups excluding carboxylic acids is 1. The Hall–Kier alpha value is -0.650. The zero-order chi connectivity index (χ0) is 12.3. The van der Waals surface area contributed by atoms with E-state index in [1.54, 1.807) is 0 Å². The van der Waals surface area contributed by atoms with Crippen LogP contribution in [0.15, 0.2) is 0 Å². The molecule has 3 N–H and O–H groups in total. The summed E-state index contributed by atoms with van der Waals surface area (Å²) < 4.78 is 5.53. The minimum atomic E-state index is -0.0347. The average Bonchev–Trinajstić information content (AvgIpc) is 2.37. The first-order valence-electron chi connectivity index (χ1n) is 6.53. The van der Waals surface area contributed by atoms with Gasteiger partial charge in [-0.1, -0.05) is 0 Å². The highest BCUT2D eigenvalue weighted by molar-refractivity contribution is 5.77. The standard InChI is InChI=1S/C12H24N2O3/c15-9-3-1-2-6-14-12(16)10-17-11-4-7-13-8-5-11/h11,13,15H,1-10H2,(H,14,16). The number of hydrogen-bond acceptors (Lipinski definition) is 4. The van der Waals surface area contributed by atoms with Crippen LogP contribution in [0.3, 0.4) is 0 Å². The van der Waals surface area contributed by atoms with Gasteiger partial charge in [-0.05, 0) is 45.2 Å². The van der Waals surface area contributed by atoms with Gasteiger partial charge in [-0.3, -0.25) is 4.79 Å². The van der Waals surface area contributed by atoms with Crippen molar-refractivity contribution in [1.29, 1.82) is 0 Å². The van der Waals surface area contributed by atoms with Crippen LogP contribution in [-0.4, -0.2) is 50.0 Å². The Labute approximate surface area is 103 Å². The van der Waals surface area contributed by atoms with Gasteiger partial charge < -0.3 is 20.5 Å². The minimum absolute atomic E-state index is 0.0347. The normalized spacial score (nSPS) is 17.0. The van der Waals surface area contributed by atoms with Crippen LogP contribution < -0.4 is 10.6 Å². The van der Waals surface area contributed by atoms with E-state index in [4.69, 9.17) is 9.84 Å². The van der Waals surface area contributed by atoms with E-state index in [1.165, 1.54) is 0 Å². The third-order valence-corrected chi connectivity index (χ3v) is 2.89. The molecule has 0 aromatic carbocycles. The van der Waals surface area contributed by atoms with E-state index < -0.39 is 0 Å². The third kappa shape index (κ3) is 7.31. The van der Waals surface area contributed by atoms with Crippen LogP contribution in [0.5, 0.6) is 0 Å². The Kier molecular flexibility index (Phi) is 7.96. The molecule has 1 heterocycles. The Morgan fingerprint density at radius 2 is 2.06 bits per heavy atom. The molecule has 0 aromatic rings. The van der Waals surface area contributed by atoms with Gasteiger partial charge in [0.05, 0.1) is 6.10 Å². The topological polar surface area (TPSA) is 70.6 Å². The van der Waals surface area contributed by atoms with Gasteiger partial charge in [-0.25, -0.2) is 0 Å². The minimum Gasteiger partial charge on any atom is -0.396 e. The molecule has 0 bridgehead atoms. The number of nitrogens with one attached hydrogen (secondary N) is 2. The monoisotopic (exact) mass is 244 g/mol. The van der Waals surface area contributed by atoms with Crippen LogP contribution in [0.4, 0.5) is 0 Å². The first-order chi connectivity index (χ1) is 8.33. The molecule has 1 saturated heterocycles. The van der Waals surface area contributed by atoms with Gasteiger partial charge >= 0.3 is 0 Å². The maximum absolute atomic E-state index is 11.4. The lowest BCUT2D eigenvalue weighted by Crippen LogP contribution is -2.36. The van der Waals surface area contributed by atoms with E-state index in [-0.39, 0.29) is 25.2 Å². The van der Waals surface area contributed by atoms with Gasteiger partial charge in [0.1, 0.15) is 6.61 Å². The van der Waals surface area contributed by atoms with Gasteiger partial charge in [-0.15, -0.1) is 0 Å². The summed E-state index contributed by atoms with van der Waals surface area (Å²) in [6.45, 7) is 3.03. The Bertz CT molecular complexity index is 206. The number of hydrogen-bond donors (Lipinski definition) is 3. The van der Waals surface area contributed by atoms with Crippen LogP contribution >= 0.6 is 0 Å². The second-order valence-corrected chi connectivity index (χ2v) is 4.39. The lowest BCUT2D eigenvalue weighted by Gasteiger charge is -2.22. The second kappa shape index (κ2) is 9.39. The quantitative estimate of drug-likeness (QED) is 0.527. The molecule has 0 atom stereocenters. The van der Waals surface area contributed by atoms with E-state index in [1.807, 2.05) is 0 Å². The Morgan fingerprint density at radius 3 is 2.76 bits per heavy atom. The number of amides is 1. The van der Waals surface area contributed by atoms with Gasteiger partial charge in [-0.2, -0.15) is 0 Å². The van der Waals surface area contributed by atoms with E-state index in [9.17, 15) is 4.79 Å². The molecule has 0 aromatic heterocycles. The Morgan fingerprint density at radius 1 is 1.29 bits per heavy atom. The molecule has 1 fully saturated rings. The van der Waals surface area contributed by atoms with Crippen molar-refractivity contribution in [2.24, 2.45) is 0 Å². The van der Waals surface area contributed by atoms with Crippen molar-refractivity contribution in [3.8, 4) is 0 Å². The summed E-state index contributed by atoms with van der Waals surface area (Å²) in [5, 5.41) is 14.7. The molecular weight excluding hydrogens is 220 g/mol. The van der Waals surface area contributed by atoms with Crippen molar-refractivity contribution >= 4 is 5.91 Å². The predicted molar refractivity (Wildman–Crippen MR) is 65.8 cm³/mol. The van der Waals surface area contributed by atoms with Crippen molar-refractivity contribution in [1.82, 2.24) is 10.6 Å². The summed E-state index contributed by atoms with van der Waals surface area (Å²) in [6, 6.07) is 0. The van der Waals surface area contributed by atoms with Crippen LogP contribution in [0.2, 0.25) is 0 Å². The van der Waals surface area contributed by atoms with Crippen molar-refractivity contribution in [2.75, 3.05) is 32.8 Å². The SMILES string of the molecule is O=C(COC1CCNCC1)NCCCCCO. The molecule has 100 valence electrons. The number of unbranched alkanes of at least 4 members (excludes halogenated alkanes) is 2. The van der Waals surface area contributed by atoms with Crippen molar-refractivity contribution < 1.29 is 14.6 Å². The second-order valence-electron chi connectivity index (χ2n) is 4.39. The highest BCUT2D eigenvalue weighted by atomic mass is 16.5. The fourth-order valence-corrected chi connectivity index (χ4v) is 1.85. The molecule has 1 amide bonds. The highest BCUT2D eigenvalue weighted by Gasteiger charge is 2.14. The Balaban J connectivity index is 1.93. The van der Waals surface area contributed by atoms with Crippen molar-refractivity contribution in [2.45, 2.75) is 38.2 Å². The smallest absolute Gasteiger partial charge is 0.246 e. The summed E-state index contributed by atoms with van der Waals surface area (Å²) in [4.78, 5) is 11.4. The number of rotatable bonds is 8. The lowest BCUT2D eigenvalue weighted by molar-refractivity contribution is -0.128. The van der Waals surface area contributed by atoms with Gasteiger partial charge in [0.2, 0.25) is 5.91 Å². The van der Waals surface area contributed by atoms with Crippen LogP contribution in [-0.2, 0) is 9.53 Å². The zero-order valence-electron chi connectivity index (χ0n) is 10.4. The number of ether oxygens (including phenoxy) is 1. The van der Waals surface area contributed by atoms with Gasteiger partial charge in [0, 0.05) is 13.2 Å². The molecule has 5 heteroatoms. The maximum atomic E-state index is 11.4. The highest BCUT2D eigenvalue weighted by Crippen LogP contribution is 2.06. The number of aliphatic hydroxyl groups excluding tert-OH is 1. The fourth-order valence-electron chi connectivity index (χ4n) is 1.85. The number of aliphatic hydroxyl groups is 1. The molecule has 1 aliphatic rings. The molecule has 0 spiro atoms. The van der Waals surface area contributed by atoms with Gasteiger partial charge in [0.25, 0.3) is 0 Å². The summed E-state index contributed by atoms with van der Waals surface area (Å²) in [5.41, 5.74) is 0. The van der Waals surface area contributed by atoms with E-state index in [0.29, 0.717) is 6.54 Å². The molecule has 1 aliphatic heterocycles. The third-order valence-electron chi connectivity index (χ3n) is 2.89.